The van der Waals surface area contributed by atoms with Crippen LogP contribution < -0.4 is 15.1 Å². The number of hydrogen-bond acceptors (Lipinski definition) is 6. The Bertz CT molecular complexity index is 1040. The molecule has 0 saturated heterocycles. The minimum atomic E-state index is -0.570. The second-order valence-corrected chi connectivity index (χ2v) is 5.30. The molecular formula is C18H14O6. The lowest BCUT2D eigenvalue weighted by atomic mass is 10.0. The summed E-state index contributed by atoms with van der Waals surface area (Å²) in [6, 6.07) is 7.92. The van der Waals surface area contributed by atoms with Crippen LogP contribution in [0.1, 0.15) is 24.2 Å². The van der Waals surface area contributed by atoms with Crippen LogP contribution in [0.3, 0.4) is 0 Å². The van der Waals surface area contributed by atoms with Crippen molar-refractivity contribution in [3.63, 3.8) is 0 Å². The lowest BCUT2D eigenvalue weighted by Crippen LogP contribution is -2.05. The number of benzene rings is 2. The summed E-state index contributed by atoms with van der Waals surface area (Å²) in [6.45, 7) is 2.70. The highest BCUT2D eigenvalue weighted by Gasteiger charge is 2.15. The van der Waals surface area contributed by atoms with Crippen LogP contribution >= 0.6 is 0 Å². The van der Waals surface area contributed by atoms with Crippen molar-refractivity contribution >= 4 is 33.5 Å². The molecule has 3 rings (SSSR count). The Morgan fingerprint density at radius 1 is 0.958 bits per heavy atom. The number of Topliss-reactive ketones (excluding diaryl/α,β-unsaturated/α-hetero) is 1. The van der Waals surface area contributed by atoms with Crippen molar-refractivity contribution in [1.29, 1.82) is 0 Å². The normalized spacial score (nSPS) is 10.8. The van der Waals surface area contributed by atoms with E-state index in [1.54, 1.807) is 18.2 Å². The number of carbonyl (C=O) groups is 2. The van der Waals surface area contributed by atoms with Crippen LogP contribution in [0.2, 0.25) is 0 Å². The summed E-state index contributed by atoms with van der Waals surface area (Å²) < 4.78 is 15.6. The zero-order valence-electron chi connectivity index (χ0n) is 13.3. The maximum Gasteiger partial charge on any atom is 0.344 e. The van der Waals surface area contributed by atoms with E-state index in [1.165, 1.54) is 33.1 Å². The van der Waals surface area contributed by atoms with Crippen LogP contribution in [-0.4, -0.2) is 18.9 Å². The van der Waals surface area contributed by atoms with Gasteiger partial charge < -0.3 is 13.9 Å². The second kappa shape index (κ2) is 5.81. The van der Waals surface area contributed by atoms with E-state index >= 15 is 0 Å². The van der Waals surface area contributed by atoms with Gasteiger partial charge in [0.25, 0.3) is 0 Å². The number of ether oxygens (including phenoxy) is 2. The minimum Gasteiger partial charge on any atom is -0.493 e. The Balaban J connectivity index is 2.36. The molecule has 6 nitrogen and oxygen atoms in total. The van der Waals surface area contributed by atoms with E-state index in [-0.39, 0.29) is 17.1 Å². The summed E-state index contributed by atoms with van der Waals surface area (Å²) >= 11 is 0. The van der Waals surface area contributed by atoms with Gasteiger partial charge in [0.2, 0.25) is 0 Å². The van der Waals surface area contributed by atoms with Gasteiger partial charge in [-0.2, -0.15) is 0 Å². The third-order valence-electron chi connectivity index (χ3n) is 3.66. The molecule has 6 heteroatoms. The second-order valence-electron chi connectivity index (χ2n) is 5.30. The molecule has 122 valence electrons. The molecule has 0 saturated carbocycles. The van der Waals surface area contributed by atoms with E-state index in [0.29, 0.717) is 27.5 Å². The fraction of sp³-hybridized carbons (Fsp3) is 0.167. The molecule has 0 amide bonds. The fourth-order valence-corrected chi connectivity index (χ4v) is 2.55. The first-order valence-corrected chi connectivity index (χ1v) is 7.18. The fourth-order valence-electron chi connectivity index (χ4n) is 2.55. The topological polar surface area (TPSA) is 82.8 Å². The van der Waals surface area contributed by atoms with Gasteiger partial charge in [-0.1, -0.05) is 12.1 Å². The van der Waals surface area contributed by atoms with Crippen molar-refractivity contribution < 1.29 is 23.5 Å². The molecule has 0 aliphatic heterocycles. The average molecular weight is 326 g/mol. The van der Waals surface area contributed by atoms with Crippen LogP contribution in [0, 0.1) is 0 Å². The first kappa shape index (κ1) is 15.7. The predicted octanol–water partition coefficient (Wildman–Crippen LogP) is 3.08. The largest absolute Gasteiger partial charge is 0.493 e. The minimum absolute atomic E-state index is 0.140. The lowest BCUT2D eigenvalue weighted by molar-refractivity contribution is -0.132. The van der Waals surface area contributed by atoms with E-state index in [2.05, 4.69) is 0 Å². The van der Waals surface area contributed by atoms with Crippen molar-refractivity contribution in [3.05, 3.63) is 46.3 Å². The van der Waals surface area contributed by atoms with Crippen molar-refractivity contribution in [2.24, 2.45) is 0 Å². The summed E-state index contributed by atoms with van der Waals surface area (Å²) in [5.74, 6) is -0.148. The Hall–Kier alpha value is -3.15. The molecule has 2 aromatic carbocycles. The van der Waals surface area contributed by atoms with E-state index in [0.717, 1.165) is 0 Å². The van der Waals surface area contributed by atoms with Crippen molar-refractivity contribution in [3.8, 4) is 11.5 Å². The Labute approximate surface area is 136 Å². The van der Waals surface area contributed by atoms with Gasteiger partial charge >= 0.3 is 11.6 Å². The van der Waals surface area contributed by atoms with Gasteiger partial charge in [0.1, 0.15) is 5.58 Å². The molecule has 0 atom stereocenters. The van der Waals surface area contributed by atoms with Crippen LogP contribution in [0.15, 0.2) is 39.5 Å². The summed E-state index contributed by atoms with van der Waals surface area (Å²) in [5.41, 5.74) is 0.123. The molecule has 3 aromatic rings. The molecule has 0 spiro atoms. The van der Waals surface area contributed by atoms with Crippen LogP contribution in [0.5, 0.6) is 11.5 Å². The molecule has 0 fully saturated rings. The van der Waals surface area contributed by atoms with Crippen LogP contribution in [-0.2, 0) is 4.79 Å². The molecule has 0 aliphatic rings. The zero-order chi connectivity index (χ0) is 17.4. The van der Waals surface area contributed by atoms with Crippen LogP contribution in [0.4, 0.5) is 0 Å². The SMILES string of the molecule is COc1cc2c(cc1OC(C)=O)oc(=O)c1cc(C(C)=O)ccc12. The zero-order valence-corrected chi connectivity index (χ0v) is 13.3. The van der Waals surface area contributed by atoms with Gasteiger partial charge in [0, 0.05) is 29.3 Å². The number of carbonyl (C=O) groups excluding carboxylic acids is 2. The summed E-state index contributed by atoms with van der Waals surface area (Å²) in [5, 5.41) is 1.55. The maximum atomic E-state index is 12.2. The Kier molecular flexibility index (Phi) is 3.81. The average Bonchev–Trinajstić information content (AvgIpc) is 2.53. The number of hydrogen-bond donors (Lipinski definition) is 0. The molecule has 1 aromatic heterocycles. The molecule has 0 bridgehead atoms. The number of fused-ring (bicyclic) bond motifs is 3. The standard InChI is InChI=1S/C18H14O6/c1-9(19)11-4-5-12-13-7-16(22-3)17(23-10(2)20)8-15(13)24-18(21)14(12)6-11/h4-8H,1-3H3. The maximum absolute atomic E-state index is 12.2. The Morgan fingerprint density at radius 3 is 2.33 bits per heavy atom. The number of esters is 1. The van der Waals surface area contributed by atoms with Crippen molar-refractivity contribution in [1.82, 2.24) is 0 Å². The predicted molar refractivity (Wildman–Crippen MR) is 87.9 cm³/mol. The quantitative estimate of drug-likeness (QED) is 0.242. The first-order chi connectivity index (χ1) is 11.4. The van der Waals surface area contributed by atoms with E-state index in [1.807, 2.05) is 0 Å². The van der Waals surface area contributed by atoms with E-state index in [4.69, 9.17) is 13.9 Å². The third kappa shape index (κ3) is 2.62. The molecule has 1 heterocycles. The van der Waals surface area contributed by atoms with Gasteiger partial charge in [-0.15, -0.1) is 0 Å². The van der Waals surface area contributed by atoms with Gasteiger partial charge in [-0.05, 0) is 19.1 Å². The monoisotopic (exact) mass is 326 g/mol. The Morgan fingerprint density at radius 2 is 1.71 bits per heavy atom. The number of methoxy groups -OCH3 is 1. The smallest absolute Gasteiger partial charge is 0.344 e. The third-order valence-corrected chi connectivity index (χ3v) is 3.66. The summed E-state index contributed by atoms with van der Waals surface area (Å²) in [4.78, 5) is 34.9. The summed E-state index contributed by atoms with van der Waals surface area (Å²) in [6.07, 6.45) is 0. The van der Waals surface area contributed by atoms with Gasteiger partial charge in [0.15, 0.2) is 17.3 Å². The molecule has 0 radical (unpaired) electrons. The summed E-state index contributed by atoms with van der Waals surface area (Å²) in [7, 11) is 1.45. The van der Waals surface area contributed by atoms with Gasteiger partial charge in [-0.25, -0.2) is 4.79 Å². The number of rotatable bonds is 3. The van der Waals surface area contributed by atoms with E-state index < -0.39 is 11.6 Å². The first-order valence-electron chi connectivity index (χ1n) is 7.18. The molecule has 0 unspecified atom stereocenters. The number of ketones is 1. The molecule has 0 aliphatic carbocycles. The van der Waals surface area contributed by atoms with Gasteiger partial charge in [-0.3, -0.25) is 9.59 Å². The highest BCUT2D eigenvalue weighted by Crippen LogP contribution is 2.35. The van der Waals surface area contributed by atoms with E-state index in [9.17, 15) is 14.4 Å². The highest BCUT2D eigenvalue weighted by molar-refractivity contribution is 6.08. The van der Waals surface area contributed by atoms with Crippen LogP contribution in [0.25, 0.3) is 21.7 Å². The molecule has 0 N–H and O–H groups in total. The van der Waals surface area contributed by atoms with Crippen molar-refractivity contribution in [2.75, 3.05) is 7.11 Å². The van der Waals surface area contributed by atoms with Crippen molar-refractivity contribution in [2.45, 2.75) is 13.8 Å². The van der Waals surface area contributed by atoms with Gasteiger partial charge in [0.05, 0.1) is 12.5 Å². The lowest BCUT2D eigenvalue weighted by Gasteiger charge is -2.10. The highest BCUT2D eigenvalue weighted by atomic mass is 16.6. The molecule has 24 heavy (non-hydrogen) atoms. The molecular weight excluding hydrogens is 312 g/mol.